The quantitative estimate of drug-likeness (QED) is 0.670. The second kappa shape index (κ2) is 7.93. The first-order valence-electron chi connectivity index (χ1n) is 8.21. The summed E-state index contributed by atoms with van der Waals surface area (Å²) in [6.07, 6.45) is 1.56. The van der Waals surface area contributed by atoms with Gasteiger partial charge in [-0.05, 0) is 61.5 Å². The van der Waals surface area contributed by atoms with Crippen molar-refractivity contribution in [2.75, 3.05) is 10.6 Å². The molecule has 0 radical (unpaired) electrons. The minimum atomic E-state index is -0.359. The maximum Gasteiger partial charge on any atom is 0.274 e. The molecule has 132 valence electrons. The van der Waals surface area contributed by atoms with Gasteiger partial charge in [-0.15, -0.1) is 0 Å². The molecule has 1 amide bonds. The van der Waals surface area contributed by atoms with Crippen LogP contribution in [0.2, 0.25) is 0 Å². The molecule has 0 bridgehead atoms. The second-order valence-corrected chi connectivity index (χ2v) is 5.84. The molecule has 0 aliphatic rings. The fraction of sp³-hybridized carbons (Fsp3) is 0.0476. The number of ketones is 1. The molecule has 27 heavy (non-hydrogen) atoms. The lowest BCUT2D eigenvalue weighted by molar-refractivity contribution is 0.101. The number of anilines is 3. The minimum Gasteiger partial charge on any atom is -0.354 e. The van der Waals surface area contributed by atoms with Crippen LogP contribution in [0.5, 0.6) is 0 Å². The van der Waals surface area contributed by atoms with Gasteiger partial charge >= 0.3 is 0 Å². The van der Waals surface area contributed by atoms with Crippen molar-refractivity contribution >= 4 is 28.8 Å². The van der Waals surface area contributed by atoms with Crippen molar-refractivity contribution in [3.8, 4) is 6.07 Å². The molecule has 0 unspecified atom stereocenters. The van der Waals surface area contributed by atoms with Crippen molar-refractivity contribution in [3.63, 3.8) is 0 Å². The number of nitrogens with zero attached hydrogens (tertiary/aromatic N) is 2. The van der Waals surface area contributed by atoms with Crippen LogP contribution in [0.4, 0.5) is 17.1 Å². The van der Waals surface area contributed by atoms with Crippen molar-refractivity contribution < 1.29 is 9.59 Å². The maximum absolute atomic E-state index is 12.3. The summed E-state index contributed by atoms with van der Waals surface area (Å²) >= 11 is 0. The summed E-state index contributed by atoms with van der Waals surface area (Å²) in [6, 6.07) is 19.1. The number of Topliss-reactive ketones (excluding diaryl/α,β-unsaturated/α-hetero) is 1. The van der Waals surface area contributed by atoms with Gasteiger partial charge in [-0.25, -0.2) is 4.98 Å². The molecular weight excluding hydrogens is 340 g/mol. The van der Waals surface area contributed by atoms with Gasteiger partial charge in [0.1, 0.15) is 5.69 Å². The molecule has 0 fully saturated rings. The summed E-state index contributed by atoms with van der Waals surface area (Å²) in [5.74, 6) is -0.346. The molecule has 3 rings (SSSR count). The van der Waals surface area contributed by atoms with Gasteiger partial charge in [0.15, 0.2) is 5.78 Å². The number of nitrogens with one attached hydrogen (secondary N) is 2. The first kappa shape index (κ1) is 17.8. The molecule has 0 saturated heterocycles. The van der Waals surface area contributed by atoms with Crippen LogP contribution in [-0.2, 0) is 0 Å². The van der Waals surface area contributed by atoms with Gasteiger partial charge in [0.2, 0.25) is 0 Å². The zero-order valence-electron chi connectivity index (χ0n) is 14.6. The molecule has 1 aromatic heterocycles. The van der Waals surface area contributed by atoms with Crippen molar-refractivity contribution in [2.45, 2.75) is 6.92 Å². The number of pyridine rings is 1. The Morgan fingerprint density at radius 2 is 1.70 bits per heavy atom. The third-order valence-corrected chi connectivity index (χ3v) is 3.83. The third kappa shape index (κ3) is 4.55. The lowest BCUT2D eigenvalue weighted by Gasteiger charge is -2.08. The predicted molar refractivity (Wildman–Crippen MR) is 103 cm³/mol. The number of benzene rings is 2. The number of carbonyl (C=O) groups is 2. The van der Waals surface area contributed by atoms with E-state index in [0.29, 0.717) is 22.5 Å². The molecule has 0 saturated carbocycles. The van der Waals surface area contributed by atoms with Crippen molar-refractivity contribution in [2.24, 2.45) is 0 Å². The van der Waals surface area contributed by atoms with Crippen LogP contribution >= 0.6 is 0 Å². The minimum absolute atomic E-state index is 0.0129. The first-order valence-corrected chi connectivity index (χ1v) is 8.21. The highest BCUT2D eigenvalue weighted by atomic mass is 16.2. The smallest absolute Gasteiger partial charge is 0.274 e. The highest BCUT2D eigenvalue weighted by molar-refractivity contribution is 6.03. The van der Waals surface area contributed by atoms with E-state index < -0.39 is 0 Å². The Balaban J connectivity index is 1.66. The summed E-state index contributed by atoms with van der Waals surface area (Å²) in [5.41, 5.74) is 3.44. The van der Waals surface area contributed by atoms with E-state index in [4.69, 9.17) is 5.26 Å². The van der Waals surface area contributed by atoms with Crippen LogP contribution < -0.4 is 10.6 Å². The number of hydrogen-bond donors (Lipinski definition) is 2. The Morgan fingerprint density at radius 1 is 0.963 bits per heavy atom. The number of nitriles is 1. The Morgan fingerprint density at radius 3 is 2.33 bits per heavy atom. The monoisotopic (exact) mass is 356 g/mol. The summed E-state index contributed by atoms with van der Waals surface area (Å²) < 4.78 is 0. The van der Waals surface area contributed by atoms with Gasteiger partial charge < -0.3 is 10.6 Å². The molecule has 0 aliphatic carbocycles. The Labute approximate surface area is 156 Å². The summed E-state index contributed by atoms with van der Waals surface area (Å²) in [6.45, 7) is 1.52. The van der Waals surface area contributed by atoms with Gasteiger partial charge in [0, 0.05) is 16.9 Å². The van der Waals surface area contributed by atoms with Gasteiger partial charge in [0.05, 0.1) is 23.5 Å². The molecule has 3 aromatic rings. The van der Waals surface area contributed by atoms with Crippen molar-refractivity contribution in [3.05, 3.63) is 83.7 Å². The van der Waals surface area contributed by atoms with Crippen LogP contribution in [-0.4, -0.2) is 16.7 Å². The second-order valence-electron chi connectivity index (χ2n) is 5.84. The van der Waals surface area contributed by atoms with E-state index in [9.17, 15) is 9.59 Å². The van der Waals surface area contributed by atoms with E-state index in [1.54, 1.807) is 66.9 Å². The molecule has 0 aliphatic heterocycles. The van der Waals surface area contributed by atoms with E-state index in [1.807, 2.05) is 6.07 Å². The Bertz CT molecular complexity index is 1020. The molecule has 2 N–H and O–H groups in total. The predicted octanol–water partition coefficient (Wildman–Crippen LogP) is 4.15. The molecule has 2 aromatic carbocycles. The van der Waals surface area contributed by atoms with Crippen LogP contribution in [0.3, 0.4) is 0 Å². The Hall–Kier alpha value is -3.98. The Kier molecular flexibility index (Phi) is 5.24. The number of amides is 1. The van der Waals surface area contributed by atoms with E-state index in [-0.39, 0.29) is 17.4 Å². The fourth-order valence-corrected chi connectivity index (χ4v) is 2.42. The average Bonchev–Trinajstić information content (AvgIpc) is 2.69. The SMILES string of the molecule is CC(=O)c1ccc(Nc2ccc(C(=O)Nc3cccc(C#N)c3)nc2)cc1. The fourth-order valence-electron chi connectivity index (χ4n) is 2.42. The van der Waals surface area contributed by atoms with Gasteiger partial charge in [-0.3, -0.25) is 9.59 Å². The van der Waals surface area contributed by atoms with E-state index >= 15 is 0 Å². The molecule has 1 heterocycles. The highest BCUT2D eigenvalue weighted by Crippen LogP contribution is 2.17. The van der Waals surface area contributed by atoms with E-state index in [0.717, 1.165) is 5.69 Å². The molecule has 6 heteroatoms. The van der Waals surface area contributed by atoms with Crippen molar-refractivity contribution in [1.82, 2.24) is 4.98 Å². The zero-order valence-corrected chi connectivity index (χ0v) is 14.6. The third-order valence-electron chi connectivity index (χ3n) is 3.83. The first-order chi connectivity index (χ1) is 13.0. The summed E-state index contributed by atoms with van der Waals surface area (Å²) in [4.78, 5) is 27.7. The maximum atomic E-state index is 12.3. The average molecular weight is 356 g/mol. The summed E-state index contributed by atoms with van der Waals surface area (Å²) in [7, 11) is 0. The largest absolute Gasteiger partial charge is 0.354 e. The highest BCUT2D eigenvalue weighted by Gasteiger charge is 2.08. The lowest BCUT2D eigenvalue weighted by atomic mass is 10.1. The number of aromatic nitrogens is 1. The lowest BCUT2D eigenvalue weighted by Crippen LogP contribution is -2.13. The normalized spacial score (nSPS) is 9.93. The van der Waals surface area contributed by atoms with Gasteiger partial charge in [-0.2, -0.15) is 5.26 Å². The van der Waals surface area contributed by atoms with Crippen LogP contribution in [0.25, 0.3) is 0 Å². The summed E-state index contributed by atoms with van der Waals surface area (Å²) in [5, 5.41) is 14.8. The van der Waals surface area contributed by atoms with E-state index in [1.165, 1.54) is 6.92 Å². The number of hydrogen-bond acceptors (Lipinski definition) is 5. The van der Waals surface area contributed by atoms with Crippen LogP contribution in [0.15, 0.2) is 66.9 Å². The topological polar surface area (TPSA) is 94.9 Å². The number of rotatable bonds is 5. The molecule has 6 nitrogen and oxygen atoms in total. The van der Waals surface area contributed by atoms with Gasteiger partial charge in [0.25, 0.3) is 5.91 Å². The standard InChI is InChI=1S/C21H16N4O2/c1-14(26)16-5-7-17(8-6-16)24-19-9-10-20(23-13-19)21(27)25-18-4-2-3-15(11-18)12-22/h2-11,13,24H,1H3,(H,25,27). The van der Waals surface area contributed by atoms with Gasteiger partial charge in [-0.1, -0.05) is 6.07 Å². The van der Waals surface area contributed by atoms with Crippen molar-refractivity contribution in [1.29, 1.82) is 5.26 Å². The van der Waals surface area contributed by atoms with Crippen LogP contribution in [0.1, 0.15) is 33.3 Å². The number of carbonyl (C=O) groups excluding carboxylic acids is 2. The van der Waals surface area contributed by atoms with Crippen LogP contribution in [0, 0.1) is 11.3 Å². The molecule has 0 atom stereocenters. The molecular formula is C21H16N4O2. The molecule has 0 spiro atoms. The zero-order chi connectivity index (χ0) is 19.2. The van der Waals surface area contributed by atoms with E-state index in [2.05, 4.69) is 15.6 Å².